The molecule has 0 aliphatic rings. The molecule has 0 aromatic carbocycles. The normalized spacial score (nSPS) is 11.8. The van der Waals surface area contributed by atoms with E-state index >= 15 is 0 Å². The Morgan fingerprint density at radius 1 is 1.47 bits per heavy atom. The lowest BCUT2D eigenvalue weighted by atomic mass is 10.0. The van der Waals surface area contributed by atoms with Crippen molar-refractivity contribution in [2.24, 2.45) is 0 Å². The Morgan fingerprint density at radius 3 is 2.65 bits per heavy atom. The van der Waals surface area contributed by atoms with Gasteiger partial charge in [0.25, 0.3) is 0 Å². The van der Waals surface area contributed by atoms with Gasteiger partial charge in [-0.3, -0.25) is 14.7 Å². The second-order valence-corrected chi connectivity index (χ2v) is 5.10. The van der Waals surface area contributed by atoms with Crippen LogP contribution in [0.3, 0.4) is 0 Å². The van der Waals surface area contributed by atoms with Crippen molar-refractivity contribution >= 4 is 5.97 Å². The van der Waals surface area contributed by atoms with Crippen LogP contribution in [0.2, 0.25) is 0 Å². The molecule has 1 heterocycles. The second-order valence-electron chi connectivity index (χ2n) is 5.10. The molecule has 0 amide bonds. The summed E-state index contributed by atoms with van der Waals surface area (Å²) in [7, 11) is 0. The summed E-state index contributed by atoms with van der Waals surface area (Å²) in [6.07, 6.45) is 3.72. The van der Waals surface area contributed by atoms with Crippen LogP contribution < -0.4 is 0 Å². The zero-order valence-electron chi connectivity index (χ0n) is 10.7. The number of pyridine rings is 1. The maximum atomic E-state index is 10.6. The molecule has 0 unspecified atom stereocenters. The molecule has 0 radical (unpaired) electrons. The van der Waals surface area contributed by atoms with Crippen molar-refractivity contribution in [3.05, 3.63) is 30.1 Å². The average molecular weight is 236 g/mol. The third-order valence-electron chi connectivity index (χ3n) is 2.64. The van der Waals surface area contributed by atoms with Crippen LogP contribution in [-0.4, -0.2) is 33.0 Å². The number of rotatable bonds is 5. The van der Waals surface area contributed by atoms with Gasteiger partial charge in [0.15, 0.2) is 0 Å². The summed E-state index contributed by atoms with van der Waals surface area (Å²) in [6, 6.07) is 3.90. The van der Waals surface area contributed by atoms with Crippen molar-refractivity contribution in [1.82, 2.24) is 9.88 Å². The van der Waals surface area contributed by atoms with Crippen LogP contribution in [0, 0.1) is 0 Å². The number of hydrogen-bond donors (Lipinski definition) is 1. The van der Waals surface area contributed by atoms with Crippen LogP contribution in [0.5, 0.6) is 0 Å². The summed E-state index contributed by atoms with van der Waals surface area (Å²) in [5.41, 5.74) is 1.05. The van der Waals surface area contributed by atoms with Crippen LogP contribution in [0.15, 0.2) is 24.5 Å². The molecule has 4 nitrogen and oxygen atoms in total. The van der Waals surface area contributed by atoms with Gasteiger partial charge in [-0.25, -0.2) is 0 Å². The number of carbonyl (C=O) groups is 1. The highest BCUT2D eigenvalue weighted by atomic mass is 16.4. The maximum absolute atomic E-state index is 10.6. The van der Waals surface area contributed by atoms with Crippen LogP contribution >= 0.6 is 0 Å². The van der Waals surface area contributed by atoms with Gasteiger partial charge in [-0.1, -0.05) is 6.07 Å². The Kier molecular flexibility index (Phi) is 4.63. The monoisotopic (exact) mass is 236 g/mol. The minimum Gasteiger partial charge on any atom is -0.481 e. The molecule has 1 aromatic rings. The largest absolute Gasteiger partial charge is 0.481 e. The van der Waals surface area contributed by atoms with Crippen LogP contribution in [0.4, 0.5) is 0 Å². The van der Waals surface area contributed by atoms with Gasteiger partial charge in [0.1, 0.15) is 0 Å². The SMILES string of the molecule is CC(C)(C)N(CCC(=O)O)Cc1cccnc1. The maximum Gasteiger partial charge on any atom is 0.304 e. The first-order valence-electron chi connectivity index (χ1n) is 5.75. The molecular weight excluding hydrogens is 216 g/mol. The van der Waals surface area contributed by atoms with E-state index in [2.05, 4.69) is 30.7 Å². The third kappa shape index (κ3) is 4.95. The predicted molar refractivity (Wildman–Crippen MR) is 66.7 cm³/mol. The van der Waals surface area contributed by atoms with Crippen molar-refractivity contribution in [2.75, 3.05) is 6.54 Å². The molecule has 17 heavy (non-hydrogen) atoms. The Balaban J connectivity index is 2.68. The van der Waals surface area contributed by atoms with Crippen molar-refractivity contribution in [3.8, 4) is 0 Å². The van der Waals surface area contributed by atoms with E-state index in [1.807, 2.05) is 18.3 Å². The lowest BCUT2D eigenvalue weighted by Crippen LogP contribution is -2.42. The zero-order valence-corrected chi connectivity index (χ0v) is 10.7. The molecule has 0 spiro atoms. The molecule has 4 heteroatoms. The van der Waals surface area contributed by atoms with E-state index in [1.54, 1.807) is 6.20 Å². The smallest absolute Gasteiger partial charge is 0.304 e. The Bertz CT molecular complexity index is 357. The fourth-order valence-corrected chi connectivity index (χ4v) is 1.59. The number of carboxylic acids is 1. The van der Waals surface area contributed by atoms with Crippen molar-refractivity contribution < 1.29 is 9.90 Å². The van der Waals surface area contributed by atoms with Gasteiger partial charge in [-0.15, -0.1) is 0 Å². The number of aromatic nitrogens is 1. The highest BCUT2D eigenvalue weighted by molar-refractivity contribution is 5.66. The molecule has 94 valence electrons. The molecule has 1 N–H and O–H groups in total. The van der Waals surface area contributed by atoms with E-state index in [-0.39, 0.29) is 12.0 Å². The zero-order chi connectivity index (χ0) is 12.9. The summed E-state index contributed by atoms with van der Waals surface area (Å²) in [5.74, 6) is -0.759. The average Bonchev–Trinajstić information content (AvgIpc) is 2.23. The van der Waals surface area contributed by atoms with E-state index in [0.29, 0.717) is 6.54 Å². The van der Waals surface area contributed by atoms with Crippen molar-refractivity contribution in [2.45, 2.75) is 39.3 Å². The van der Waals surface area contributed by atoms with Gasteiger partial charge < -0.3 is 5.11 Å². The van der Waals surface area contributed by atoms with Gasteiger partial charge in [0, 0.05) is 31.0 Å². The minimum absolute atomic E-state index is 0.0503. The van der Waals surface area contributed by atoms with Gasteiger partial charge in [0.2, 0.25) is 0 Å². The second kappa shape index (κ2) is 5.77. The highest BCUT2D eigenvalue weighted by Crippen LogP contribution is 2.17. The number of nitrogens with zero attached hydrogens (tertiary/aromatic N) is 2. The summed E-state index contributed by atoms with van der Waals surface area (Å²) >= 11 is 0. The van der Waals surface area contributed by atoms with E-state index in [1.165, 1.54) is 0 Å². The predicted octanol–water partition coefficient (Wildman–Crippen LogP) is 2.16. The topological polar surface area (TPSA) is 53.4 Å². The quantitative estimate of drug-likeness (QED) is 0.851. The van der Waals surface area contributed by atoms with Crippen LogP contribution in [0.25, 0.3) is 0 Å². The fourth-order valence-electron chi connectivity index (χ4n) is 1.59. The summed E-state index contributed by atoms with van der Waals surface area (Å²) < 4.78 is 0. The van der Waals surface area contributed by atoms with E-state index in [0.717, 1.165) is 12.1 Å². The lowest BCUT2D eigenvalue weighted by Gasteiger charge is -2.35. The van der Waals surface area contributed by atoms with Crippen LogP contribution in [-0.2, 0) is 11.3 Å². The Labute approximate surface area is 102 Å². The van der Waals surface area contributed by atoms with Gasteiger partial charge >= 0.3 is 5.97 Å². The first kappa shape index (κ1) is 13.6. The molecule has 1 aromatic heterocycles. The third-order valence-corrected chi connectivity index (χ3v) is 2.64. The molecule has 0 saturated heterocycles. The van der Waals surface area contributed by atoms with E-state index < -0.39 is 5.97 Å². The van der Waals surface area contributed by atoms with Crippen molar-refractivity contribution in [1.29, 1.82) is 0 Å². The number of carboxylic acid groups (broad SMARTS) is 1. The molecule has 0 atom stereocenters. The fraction of sp³-hybridized carbons (Fsp3) is 0.538. The standard InChI is InChI=1S/C13H20N2O2/c1-13(2,3)15(8-6-12(16)17)10-11-5-4-7-14-9-11/h4-5,7,9H,6,8,10H2,1-3H3,(H,16,17). The molecule has 0 aliphatic heterocycles. The summed E-state index contributed by atoms with van der Waals surface area (Å²) in [5, 5.41) is 8.76. The molecule has 0 aliphatic carbocycles. The van der Waals surface area contributed by atoms with E-state index in [9.17, 15) is 4.79 Å². The highest BCUT2D eigenvalue weighted by Gasteiger charge is 2.21. The first-order chi connectivity index (χ1) is 7.89. The van der Waals surface area contributed by atoms with Crippen LogP contribution in [0.1, 0.15) is 32.8 Å². The Hall–Kier alpha value is -1.42. The summed E-state index contributed by atoms with van der Waals surface area (Å²) in [4.78, 5) is 16.9. The molecule has 1 rings (SSSR count). The van der Waals surface area contributed by atoms with E-state index in [4.69, 9.17) is 5.11 Å². The molecule has 0 saturated carbocycles. The number of hydrogen-bond acceptors (Lipinski definition) is 3. The first-order valence-corrected chi connectivity index (χ1v) is 5.75. The van der Waals surface area contributed by atoms with Gasteiger partial charge in [-0.05, 0) is 32.4 Å². The number of aliphatic carboxylic acids is 1. The molecular formula is C13H20N2O2. The lowest BCUT2D eigenvalue weighted by molar-refractivity contribution is -0.137. The molecule has 0 fully saturated rings. The van der Waals surface area contributed by atoms with Gasteiger partial charge in [-0.2, -0.15) is 0 Å². The Morgan fingerprint density at radius 2 is 2.18 bits per heavy atom. The van der Waals surface area contributed by atoms with Gasteiger partial charge in [0.05, 0.1) is 6.42 Å². The minimum atomic E-state index is -0.759. The molecule has 0 bridgehead atoms. The summed E-state index contributed by atoms with van der Waals surface area (Å²) in [6.45, 7) is 7.54. The van der Waals surface area contributed by atoms with Crippen molar-refractivity contribution in [3.63, 3.8) is 0 Å².